The number of nitrogens with zero attached hydrogens (tertiary/aromatic N) is 2. The first-order valence-corrected chi connectivity index (χ1v) is 14.1. The zero-order chi connectivity index (χ0) is 29.7. The van der Waals surface area contributed by atoms with Crippen LogP contribution in [0.5, 0.6) is 23.0 Å². The maximum absolute atomic E-state index is 12.9. The van der Waals surface area contributed by atoms with Crippen LogP contribution in [0.4, 0.5) is 10.5 Å². The number of benzene rings is 3. The highest BCUT2D eigenvalue weighted by Crippen LogP contribution is 2.36. The number of ether oxygens (including phenoxy) is 3. The largest absolute Gasteiger partial charge is 0.493 e. The first-order chi connectivity index (χ1) is 19.5. The van der Waals surface area contributed by atoms with Gasteiger partial charge in [-0.1, -0.05) is 24.3 Å². The van der Waals surface area contributed by atoms with Gasteiger partial charge in [-0.05, 0) is 60.7 Å². The maximum Gasteiger partial charge on any atom is 0.339 e. The molecule has 0 N–H and O–H groups in total. The zero-order valence-electron chi connectivity index (χ0n) is 22.1. The van der Waals surface area contributed by atoms with E-state index in [1.807, 2.05) is 0 Å². The zero-order valence-corrected chi connectivity index (χ0v) is 23.7. The molecule has 4 rings (SSSR count). The summed E-state index contributed by atoms with van der Waals surface area (Å²) in [7, 11) is -1.64. The minimum absolute atomic E-state index is 0.0190. The van der Waals surface area contributed by atoms with Crippen molar-refractivity contribution in [1.82, 2.24) is 4.90 Å². The predicted molar refractivity (Wildman–Crippen MR) is 150 cm³/mol. The number of rotatable bonds is 11. The van der Waals surface area contributed by atoms with E-state index in [0.29, 0.717) is 22.6 Å². The van der Waals surface area contributed by atoms with Crippen molar-refractivity contribution in [3.63, 3.8) is 0 Å². The van der Waals surface area contributed by atoms with Crippen molar-refractivity contribution >= 4 is 44.8 Å². The fourth-order valence-corrected chi connectivity index (χ4v) is 5.61. The summed E-state index contributed by atoms with van der Waals surface area (Å²) in [5.74, 6) is 0.347. The monoisotopic (exact) mass is 600 g/mol. The molecular weight excluding hydrogens is 576 g/mol. The van der Waals surface area contributed by atoms with Crippen LogP contribution >= 0.6 is 11.8 Å². The van der Waals surface area contributed by atoms with Crippen LogP contribution in [0.3, 0.4) is 0 Å². The number of thioether (sulfide) groups is 1. The predicted octanol–water partition coefficient (Wildman–Crippen LogP) is 4.80. The first kappa shape index (κ1) is 29.4. The number of hydrogen-bond donors (Lipinski definition) is 0. The van der Waals surface area contributed by atoms with Gasteiger partial charge in [0, 0.05) is 11.6 Å². The molecule has 0 radical (unpaired) electrons. The van der Waals surface area contributed by atoms with Crippen molar-refractivity contribution in [1.29, 1.82) is 0 Å². The third kappa shape index (κ3) is 6.61. The van der Waals surface area contributed by atoms with Gasteiger partial charge in [0.2, 0.25) is 0 Å². The van der Waals surface area contributed by atoms with Crippen molar-refractivity contribution in [2.45, 2.75) is 11.8 Å². The number of carbonyl (C=O) groups excluding carboxylic acids is 2. The van der Waals surface area contributed by atoms with Crippen LogP contribution in [0.2, 0.25) is 0 Å². The van der Waals surface area contributed by atoms with E-state index < -0.39 is 31.1 Å². The Hall–Kier alpha value is -4.56. The van der Waals surface area contributed by atoms with Gasteiger partial charge in [-0.15, -0.1) is 0 Å². The van der Waals surface area contributed by atoms with E-state index in [2.05, 4.69) is 0 Å². The Morgan fingerprint density at radius 3 is 2.34 bits per heavy atom. The fourth-order valence-electron chi connectivity index (χ4n) is 3.78. The van der Waals surface area contributed by atoms with Gasteiger partial charge in [0.05, 0.1) is 30.6 Å². The number of carbonyl (C=O) groups is 2. The Kier molecular flexibility index (Phi) is 8.83. The Morgan fingerprint density at radius 2 is 1.66 bits per heavy atom. The molecule has 1 saturated heterocycles. The lowest BCUT2D eigenvalue weighted by Crippen LogP contribution is -2.32. The lowest BCUT2D eigenvalue weighted by molar-refractivity contribution is -0.385. The molecule has 214 valence electrons. The number of hydrogen-bond acceptors (Lipinski definition) is 11. The van der Waals surface area contributed by atoms with Gasteiger partial charge in [0.15, 0.2) is 23.0 Å². The van der Waals surface area contributed by atoms with E-state index in [1.54, 1.807) is 24.3 Å². The van der Waals surface area contributed by atoms with E-state index in [0.717, 1.165) is 22.7 Å². The molecule has 0 aliphatic carbocycles. The second-order valence-electron chi connectivity index (χ2n) is 8.49. The number of amides is 2. The number of nitro groups is 1. The quantitative estimate of drug-likeness (QED) is 0.129. The highest BCUT2D eigenvalue weighted by atomic mass is 32.2. The van der Waals surface area contributed by atoms with Crippen LogP contribution in [0, 0.1) is 17.0 Å². The molecule has 12 nitrogen and oxygen atoms in total. The first-order valence-electron chi connectivity index (χ1n) is 11.9. The van der Waals surface area contributed by atoms with Crippen molar-refractivity contribution in [2.24, 2.45) is 0 Å². The molecule has 1 heterocycles. The summed E-state index contributed by atoms with van der Waals surface area (Å²) in [6.07, 6.45) is 1.47. The van der Waals surface area contributed by atoms with Crippen LogP contribution in [0.25, 0.3) is 6.08 Å². The van der Waals surface area contributed by atoms with Crippen LogP contribution in [0.15, 0.2) is 70.5 Å². The van der Waals surface area contributed by atoms with E-state index in [4.69, 9.17) is 18.4 Å². The molecule has 0 bridgehead atoms. The average Bonchev–Trinajstić information content (AvgIpc) is 3.21. The van der Waals surface area contributed by atoms with Crippen LogP contribution in [-0.2, 0) is 14.9 Å². The van der Waals surface area contributed by atoms with E-state index in [-0.39, 0.29) is 35.2 Å². The van der Waals surface area contributed by atoms with Crippen LogP contribution < -0.4 is 18.4 Å². The summed E-state index contributed by atoms with van der Waals surface area (Å²) in [4.78, 5) is 36.8. The van der Waals surface area contributed by atoms with Gasteiger partial charge in [-0.2, -0.15) is 8.42 Å². The highest BCUT2D eigenvalue weighted by Gasteiger charge is 2.35. The van der Waals surface area contributed by atoms with Gasteiger partial charge in [-0.25, -0.2) is 0 Å². The molecule has 2 amide bonds. The molecule has 1 fully saturated rings. The number of methoxy groups -OCH3 is 2. The number of aryl methyl sites for hydroxylation is 1. The molecule has 0 spiro atoms. The van der Waals surface area contributed by atoms with Gasteiger partial charge in [0.1, 0.15) is 11.5 Å². The molecule has 0 aromatic heterocycles. The summed E-state index contributed by atoms with van der Waals surface area (Å²) in [5, 5.41) is 10.8. The van der Waals surface area contributed by atoms with Gasteiger partial charge in [0.25, 0.3) is 16.8 Å². The molecule has 1 aliphatic heterocycles. The van der Waals surface area contributed by atoms with Crippen molar-refractivity contribution in [3.8, 4) is 23.0 Å². The minimum atomic E-state index is -4.44. The highest BCUT2D eigenvalue weighted by molar-refractivity contribution is 8.18. The molecular formula is C27H24N2O10S2. The standard InChI is InChI=1S/C27H24N2O10S2/c1-17-8-10-19(16-20(17)29(32)33)41(34,35)39-23-11-9-18(14-24(23)37-3)15-25-26(30)28(27(31)40-25)12-13-38-22-7-5-4-6-21(22)36-2/h4-11,14-16H,12-13H2,1-3H3/b25-15-. The summed E-state index contributed by atoms with van der Waals surface area (Å²) >= 11 is 0.756. The van der Waals surface area contributed by atoms with Crippen LogP contribution in [0.1, 0.15) is 11.1 Å². The minimum Gasteiger partial charge on any atom is -0.493 e. The maximum atomic E-state index is 12.9. The lowest BCUT2D eigenvalue weighted by atomic mass is 10.2. The second-order valence-corrected chi connectivity index (χ2v) is 11.0. The third-order valence-electron chi connectivity index (χ3n) is 5.87. The Morgan fingerprint density at radius 1 is 0.951 bits per heavy atom. The molecule has 0 atom stereocenters. The summed E-state index contributed by atoms with van der Waals surface area (Å²) < 4.78 is 47.0. The Labute approximate surface area is 239 Å². The van der Waals surface area contributed by atoms with E-state index in [9.17, 15) is 28.1 Å². The summed E-state index contributed by atoms with van der Waals surface area (Å²) in [6, 6.07) is 14.7. The average molecular weight is 601 g/mol. The molecule has 3 aromatic rings. The van der Waals surface area contributed by atoms with Gasteiger partial charge < -0.3 is 18.4 Å². The number of nitro benzene ring substituents is 1. The van der Waals surface area contributed by atoms with E-state index >= 15 is 0 Å². The normalized spacial score (nSPS) is 14.3. The molecule has 0 unspecified atom stereocenters. The van der Waals surface area contributed by atoms with Crippen molar-refractivity contribution in [2.75, 3.05) is 27.4 Å². The Bertz CT molecular complexity index is 1650. The summed E-state index contributed by atoms with van der Waals surface area (Å²) in [5.41, 5.74) is 0.370. The van der Waals surface area contributed by atoms with Gasteiger partial charge >= 0.3 is 10.1 Å². The smallest absolute Gasteiger partial charge is 0.339 e. The van der Waals surface area contributed by atoms with Crippen molar-refractivity contribution < 1.29 is 41.3 Å². The van der Waals surface area contributed by atoms with E-state index in [1.165, 1.54) is 57.6 Å². The van der Waals surface area contributed by atoms with Crippen LogP contribution in [-0.4, -0.2) is 56.8 Å². The molecule has 0 saturated carbocycles. The number of para-hydroxylation sites is 2. The van der Waals surface area contributed by atoms with Gasteiger partial charge in [-0.3, -0.25) is 24.6 Å². The molecule has 41 heavy (non-hydrogen) atoms. The topological polar surface area (TPSA) is 152 Å². The summed E-state index contributed by atoms with van der Waals surface area (Å²) in [6.45, 7) is 1.57. The lowest BCUT2D eigenvalue weighted by Gasteiger charge is -2.14. The fraction of sp³-hybridized carbons (Fsp3) is 0.185. The molecule has 14 heteroatoms. The second kappa shape index (κ2) is 12.3. The SMILES string of the molecule is COc1ccccc1OCCN1C(=O)S/C(=C\c2ccc(OS(=O)(=O)c3ccc(C)c([N+](=O)[O-])c3)c(OC)c2)C1=O. The molecule has 3 aromatic carbocycles. The third-order valence-corrected chi connectivity index (χ3v) is 8.00. The molecule has 1 aliphatic rings. The Balaban J connectivity index is 1.48. The number of imide groups is 1. The van der Waals surface area contributed by atoms with Crippen molar-refractivity contribution in [3.05, 3.63) is 86.8 Å².